The number of rotatable bonds is 4. The zero-order chi connectivity index (χ0) is 14.8. The Morgan fingerprint density at radius 3 is 3.00 bits per heavy atom. The molecule has 1 aliphatic carbocycles. The van der Waals surface area contributed by atoms with Gasteiger partial charge in [0, 0.05) is 19.1 Å². The zero-order valence-corrected chi connectivity index (χ0v) is 12.3. The van der Waals surface area contributed by atoms with Gasteiger partial charge in [0.15, 0.2) is 0 Å². The fourth-order valence-electron chi connectivity index (χ4n) is 3.62. The average Bonchev–Trinajstić information content (AvgIpc) is 2.91. The van der Waals surface area contributed by atoms with E-state index in [1.54, 1.807) is 0 Å². The second-order valence-electron chi connectivity index (χ2n) is 5.78. The molecule has 2 aliphatic rings. The van der Waals surface area contributed by atoms with Crippen molar-refractivity contribution in [1.82, 2.24) is 9.97 Å². The third-order valence-corrected chi connectivity index (χ3v) is 4.56. The van der Waals surface area contributed by atoms with Gasteiger partial charge in [0.1, 0.15) is 6.20 Å². The summed E-state index contributed by atoms with van der Waals surface area (Å²) in [7, 11) is 0. The molecule has 2 heterocycles. The summed E-state index contributed by atoms with van der Waals surface area (Å²) in [6, 6.07) is 0.404. The first kappa shape index (κ1) is 14.0. The molecule has 114 valence electrons. The van der Waals surface area contributed by atoms with Crippen molar-refractivity contribution < 1.29 is 4.92 Å². The van der Waals surface area contributed by atoms with E-state index in [4.69, 9.17) is 0 Å². The van der Waals surface area contributed by atoms with E-state index in [2.05, 4.69) is 20.2 Å². The molecule has 1 aromatic heterocycles. The van der Waals surface area contributed by atoms with Crippen LogP contribution in [0.2, 0.25) is 0 Å². The van der Waals surface area contributed by atoms with Crippen LogP contribution in [0.25, 0.3) is 0 Å². The van der Waals surface area contributed by atoms with Crippen LogP contribution in [0.3, 0.4) is 0 Å². The average molecular weight is 291 g/mol. The van der Waals surface area contributed by atoms with Gasteiger partial charge in [-0.15, -0.1) is 0 Å². The number of anilines is 2. The Hall–Kier alpha value is -1.92. The van der Waals surface area contributed by atoms with Crippen molar-refractivity contribution in [2.24, 2.45) is 5.92 Å². The standard InChI is InChI=1S/C14H21N5O2/c1-2-15-14-16-9-12(19(20)21)13(17-14)18-8-7-10-5-3-4-6-11(10)18/h9-11H,2-8H2,1H3,(H,15,16,17). The smallest absolute Gasteiger partial charge is 0.329 e. The Morgan fingerprint density at radius 2 is 2.24 bits per heavy atom. The van der Waals surface area contributed by atoms with Crippen LogP contribution in [0.5, 0.6) is 0 Å². The lowest BCUT2D eigenvalue weighted by atomic mass is 9.85. The molecule has 0 radical (unpaired) electrons. The van der Waals surface area contributed by atoms with Gasteiger partial charge in [0.05, 0.1) is 4.92 Å². The lowest BCUT2D eigenvalue weighted by molar-refractivity contribution is -0.384. The molecule has 0 bridgehead atoms. The van der Waals surface area contributed by atoms with E-state index in [0.717, 1.165) is 19.4 Å². The molecule has 2 atom stereocenters. The lowest BCUT2D eigenvalue weighted by Gasteiger charge is -2.32. The van der Waals surface area contributed by atoms with Crippen LogP contribution in [0.4, 0.5) is 17.5 Å². The number of nitro groups is 1. The molecule has 2 unspecified atom stereocenters. The molecule has 1 N–H and O–H groups in total. The Bertz CT molecular complexity index is 536. The SMILES string of the molecule is CCNc1ncc([N+](=O)[O-])c(N2CCC3CCCCC32)n1. The fraction of sp³-hybridized carbons (Fsp3) is 0.714. The molecule has 21 heavy (non-hydrogen) atoms. The first-order valence-electron chi connectivity index (χ1n) is 7.72. The number of nitrogens with zero attached hydrogens (tertiary/aromatic N) is 4. The maximum atomic E-state index is 11.3. The van der Waals surface area contributed by atoms with E-state index in [9.17, 15) is 10.1 Å². The van der Waals surface area contributed by atoms with Crippen molar-refractivity contribution in [2.45, 2.75) is 45.1 Å². The molecule has 7 heteroatoms. The molecule has 1 aliphatic heterocycles. The van der Waals surface area contributed by atoms with Crippen LogP contribution in [-0.4, -0.2) is 34.0 Å². The van der Waals surface area contributed by atoms with Crippen LogP contribution >= 0.6 is 0 Å². The summed E-state index contributed by atoms with van der Waals surface area (Å²) in [6.45, 7) is 3.51. The van der Waals surface area contributed by atoms with Gasteiger partial charge in [-0.2, -0.15) is 4.98 Å². The molecule has 1 saturated carbocycles. The van der Waals surface area contributed by atoms with E-state index < -0.39 is 0 Å². The molecule has 0 aromatic carbocycles. The van der Waals surface area contributed by atoms with Gasteiger partial charge in [-0.1, -0.05) is 12.8 Å². The predicted octanol–water partition coefficient (Wildman–Crippen LogP) is 2.59. The number of hydrogen-bond acceptors (Lipinski definition) is 6. The van der Waals surface area contributed by atoms with E-state index in [1.165, 1.54) is 25.5 Å². The highest BCUT2D eigenvalue weighted by molar-refractivity contribution is 5.60. The maximum Gasteiger partial charge on any atom is 0.329 e. The van der Waals surface area contributed by atoms with E-state index >= 15 is 0 Å². The van der Waals surface area contributed by atoms with Crippen molar-refractivity contribution >= 4 is 17.5 Å². The van der Waals surface area contributed by atoms with E-state index in [1.807, 2.05) is 6.92 Å². The molecule has 0 amide bonds. The molecule has 3 rings (SSSR count). The number of nitrogens with one attached hydrogen (secondary N) is 1. The Balaban J connectivity index is 1.95. The van der Waals surface area contributed by atoms with Gasteiger partial charge in [0.2, 0.25) is 11.8 Å². The quantitative estimate of drug-likeness (QED) is 0.678. The number of fused-ring (bicyclic) bond motifs is 1. The van der Waals surface area contributed by atoms with Crippen molar-refractivity contribution in [3.8, 4) is 0 Å². The third-order valence-electron chi connectivity index (χ3n) is 4.56. The van der Waals surface area contributed by atoms with Crippen LogP contribution < -0.4 is 10.2 Å². The minimum atomic E-state index is -0.374. The summed E-state index contributed by atoms with van der Waals surface area (Å²) in [5, 5.41) is 14.3. The summed E-state index contributed by atoms with van der Waals surface area (Å²) >= 11 is 0. The van der Waals surface area contributed by atoms with Crippen molar-refractivity contribution in [3.63, 3.8) is 0 Å². The molecular weight excluding hydrogens is 270 g/mol. The molecule has 0 spiro atoms. The van der Waals surface area contributed by atoms with Gasteiger partial charge >= 0.3 is 5.69 Å². The zero-order valence-electron chi connectivity index (χ0n) is 12.3. The number of hydrogen-bond donors (Lipinski definition) is 1. The Labute approximate surface area is 123 Å². The van der Waals surface area contributed by atoms with Gasteiger partial charge in [-0.05, 0) is 32.1 Å². The Morgan fingerprint density at radius 1 is 1.43 bits per heavy atom. The van der Waals surface area contributed by atoms with Crippen molar-refractivity contribution in [1.29, 1.82) is 0 Å². The molecule has 7 nitrogen and oxygen atoms in total. The lowest BCUT2D eigenvalue weighted by Crippen LogP contribution is -2.35. The van der Waals surface area contributed by atoms with Crippen LogP contribution in [0, 0.1) is 16.0 Å². The highest BCUT2D eigenvalue weighted by Gasteiger charge is 2.39. The van der Waals surface area contributed by atoms with Crippen LogP contribution in [0.15, 0.2) is 6.20 Å². The Kier molecular flexibility index (Phi) is 3.90. The van der Waals surface area contributed by atoms with Gasteiger partial charge in [-0.25, -0.2) is 4.98 Å². The summed E-state index contributed by atoms with van der Waals surface area (Å²) in [5.74, 6) is 1.62. The monoisotopic (exact) mass is 291 g/mol. The highest BCUT2D eigenvalue weighted by Crippen LogP contribution is 2.40. The van der Waals surface area contributed by atoms with Crippen molar-refractivity contribution in [3.05, 3.63) is 16.3 Å². The largest absolute Gasteiger partial charge is 0.354 e. The summed E-state index contributed by atoms with van der Waals surface area (Å²) in [6.07, 6.45) is 7.28. The van der Waals surface area contributed by atoms with Gasteiger partial charge < -0.3 is 10.2 Å². The molecular formula is C14H21N5O2. The van der Waals surface area contributed by atoms with Gasteiger partial charge in [0.25, 0.3) is 0 Å². The topological polar surface area (TPSA) is 84.2 Å². The minimum Gasteiger partial charge on any atom is -0.354 e. The summed E-state index contributed by atoms with van der Waals surface area (Å²) in [5.41, 5.74) is 0.0166. The normalized spacial score (nSPS) is 24.7. The second-order valence-corrected chi connectivity index (χ2v) is 5.78. The van der Waals surface area contributed by atoms with Crippen LogP contribution in [-0.2, 0) is 0 Å². The summed E-state index contributed by atoms with van der Waals surface area (Å²) < 4.78 is 0. The number of aromatic nitrogens is 2. The van der Waals surface area contributed by atoms with Crippen molar-refractivity contribution in [2.75, 3.05) is 23.3 Å². The van der Waals surface area contributed by atoms with Crippen LogP contribution in [0.1, 0.15) is 39.0 Å². The first-order chi connectivity index (χ1) is 10.2. The van der Waals surface area contributed by atoms with E-state index in [0.29, 0.717) is 30.3 Å². The third kappa shape index (κ3) is 2.64. The minimum absolute atomic E-state index is 0.0166. The first-order valence-corrected chi connectivity index (χ1v) is 7.72. The molecule has 2 fully saturated rings. The second kappa shape index (κ2) is 5.83. The predicted molar refractivity (Wildman–Crippen MR) is 80.6 cm³/mol. The van der Waals surface area contributed by atoms with Gasteiger partial charge in [-0.3, -0.25) is 10.1 Å². The maximum absolute atomic E-state index is 11.3. The molecule has 1 aromatic rings. The molecule has 1 saturated heterocycles. The highest BCUT2D eigenvalue weighted by atomic mass is 16.6. The summed E-state index contributed by atoms with van der Waals surface area (Å²) in [4.78, 5) is 21.5. The fourth-order valence-corrected chi connectivity index (χ4v) is 3.62. The van der Waals surface area contributed by atoms with E-state index in [-0.39, 0.29) is 10.6 Å².